The Labute approximate surface area is 112 Å². The summed E-state index contributed by atoms with van der Waals surface area (Å²) in [5.41, 5.74) is 0. The lowest BCUT2D eigenvalue weighted by molar-refractivity contribution is 0.164. The zero-order chi connectivity index (χ0) is 12.8. The second kappa shape index (κ2) is 6.73. The minimum Gasteiger partial charge on any atom is -0.464 e. The average Bonchev–Trinajstić information content (AvgIpc) is 2.57. The van der Waals surface area contributed by atoms with Crippen LogP contribution >= 0.6 is 11.6 Å². The predicted octanol–water partition coefficient (Wildman–Crippen LogP) is 3.03. The van der Waals surface area contributed by atoms with Crippen LogP contribution in [-0.4, -0.2) is 27.7 Å². The van der Waals surface area contributed by atoms with Crippen LogP contribution in [0.3, 0.4) is 0 Å². The highest BCUT2D eigenvalue weighted by Gasteiger charge is 2.16. The second-order valence-electron chi connectivity index (χ2n) is 4.33. The molecule has 1 heterocycles. The highest BCUT2D eigenvalue weighted by atomic mass is 35.5. The van der Waals surface area contributed by atoms with Gasteiger partial charge in [0.15, 0.2) is 0 Å². The maximum atomic E-state index is 5.81. The summed E-state index contributed by atoms with van der Waals surface area (Å²) in [7, 11) is 0. The van der Waals surface area contributed by atoms with Crippen molar-refractivity contribution in [1.82, 2.24) is 15.0 Å². The smallest absolute Gasteiger partial charge is 0.324 e. The molecule has 0 aliphatic heterocycles. The Morgan fingerprint density at radius 2 is 1.72 bits per heavy atom. The van der Waals surface area contributed by atoms with Crippen LogP contribution in [0, 0.1) is 0 Å². The van der Waals surface area contributed by atoms with Crippen molar-refractivity contribution in [1.29, 1.82) is 0 Å². The van der Waals surface area contributed by atoms with Crippen molar-refractivity contribution in [3.63, 3.8) is 0 Å². The molecule has 0 saturated heterocycles. The van der Waals surface area contributed by atoms with E-state index in [0.717, 1.165) is 12.8 Å². The molecule has 18 heavy (non-hydrogen) atoms. The molecule has 0 bridgehead atoms. The molecule has 0 N–H and O–H groups in total. The minimum absolute atomic E-state index is 0.108. The number of ether oxygens (including phenoxy) is 2. The molecule has 1 aromatic heterocycles. The quantitative estimate of drug-likeness (QED) is 0.788. The molecule has 100 valence electrons. The Hall–Kier alpha value is -1.10. The van der Waals surface area contributed by atoms with Crippen LogP contribution in [0.15, 0.2) is 0 Å². The van der Waals surface area contributed by atoms with Crippen LogP contribution in [0.1, 0.15) is 45.4 Å². The highest BCUT2D eigenvalue weighted by molar-refractivity contribution is 6.28. The van der Waals surface area contributed by atoms with Gasteiger partial charge < -0.3 is 9.47 Å². The summed E-state index contributed by atoms with van der Waals surface area (Å²) in [5, 5.41) is 0.108. The van der Waals surface area contributed by atoms with E-state index >= 15 is 0 Å². The van der Waals surface area contributed by atoms with Crippen LogP contribution in [0.2, 0.25) is 5.28 Å². The van der Waals surface area contributed by atoms with E-state index in [0.29, 0.717) is 6.61 Å². The first kappa shape index (κ1) is 13.3. The number of halogens is 1. The molecular weight excluding hydrogens is 254 g/mol. The minimum atomic E-state index is 0.108. The third kappa shape index (κ3) is 3.98. The van der Waals surface area contributed by atoms with Crippen molar-refractivity contribution < 1.29 is 9.47 Å². The molecule has 0 aromatic carbocycles. The fraction of sp³-hybridized carbons (Fsp3) is 0.750. The molecule has 0 amide bonds. The monoisotopic (exact) mass is 271 g/mol. The maximum Gasteiger partial charge on any atom is 0.324 e. The largest absolute Gasteiger partial charge is 0.464 e. The SMILES string of the molecule is CCOc1nc(Cl)nc(OC2CCCCCC2)n1. The number of aromatic nitrogens is 3. The number of nitrogens with zero attached hydrogens (tertiary/aromatic N) is 3. The van der Waals surface area contributed by atoms with Gasteiger partial charge in [0.1, 0.15) is 6.10 Å². The van der Waals surface area contributed by atoms with E-state index in [9.17, 15) is 0 Å². The van der Waals surface area contributed by atoms with Gasteiger partial charge in [-0.15, -0.1) is 4.98 Å². The van der Waals surface area contributed by atoms with Crippen molar-refractivity contribution in [2.75, 3.05) is 6.61 Å². The van der Waals surface area contributed by atoms with Gasteiger partial charge in [-0.25, -0.2) is 0 Å². The first-order valence-corrected chi connectivity index (χ1v) is 6.86. The zero-order valence-corrected chi connectivity index (χ0v) is 11.3. The molecule has 1 fully saturated rings. The van der Waals surface area contributed by atoms with Gasteiger partial charge in [-0.2, -0.15) is 9.97 Å². The summed E-state index contributed by atoms with van der Waals surface area (Å²) in [6.45, 7) is 2.35. The number of hydrogen-bond donors (Lipinski definition) is 0. The summed E-state index contributed by atoms with van der Waals surface area (Å²) in [4.78, 5) is 12.0. The van der Waals surface area contributed by atoms with E-state index in [1.54, 1.807) is 0 Å². The van der Waals surface area contributed by atoms with Crippen LogP contribution in [0.5, 0.6) is 12.0 Å². The first-order valence-electron chi connectivity index (χ1n) is 6.49. The van der Waals surface area contributed by atoms with Crippen LogP contribution in [0.4, 0.5) is 0 Å². The lowest BCUT2D eigenvalue weighted by Crippen LogP contribution is -2.17. The Morgan fingerprint density at radius 3 is 2.39 bits per heavy atom. The van der Waals surface area contributed by atoms with Crippen LogP contribution in [0.25, 0.3) is 0 Å². The molecule has 0 spiro atoms. The Bertz CT molecular complexity index is 382. The number of hydrogen-bond acceptors (Lipinski definition) is 5. The van der Waals surface area contributed by atoms with Gasteiger partial charge in [0, 0.05) is 0 Å². The number of rotatable bonds is 4. The summed E-state index contributed by atoms with van der Waals surface area (Å²) >= 11 is 5.81. The van der Waals surface area contributed by atoms with E-state index in [4.69, 9.17) is 21.1 Å². The fourth-order valence-corrected chi connectivity index (χ4v) is 2.21. The maximum absolute atomic E-state index is 5.81. The summed E-state index contributed by atoms with van der Waals surface area (Å²) in [6, 6.07) is 0.492. The topological polar surface area (TPSA) is 57.1 Å². The van der Waals surface area contributed by atoms with E-state index in [1.165, 1.54) is 25.7 Å². The molecule has 1 aromatic rings. The van der Waals surface area contributed by atoms with Gasteiger partial charge in [-0.1, -0.05) is 12.8 Å². The molecular formula is C12H18ClN3O2. The standard InChI is InChI=1S/C12H18ClN3O2/c1-2-17-11-14-10(13)15-12(16-11)18-9-7-5-3-4-6-8-9/h9H,2-8H2,1H3. The molecule has 1 saturated carbocycles. The third-order valence-electron chi connectivity index (χ3n) is 2.91. The molecule has 5 nitrogen and oxygen atoms in total. The van der Waals surface area contributed by atoms with Gasteiger partial charge in [-0.05, 0) is 44.2 Å². The van der Waals surface area contributed by atoms with Crippen molar-refractivity contribution in [2.45, 2.75) is 51.6 Å². The van der Waals surface area contributed by atoms with Gasteiger partial charge in [0.05, 0.1) is 6.61 Å². The lowest BCUT2D eigenvalue weighted by Gasteiger charge is -2.15. The summed E-state index contributed by atoms with van der Waals surface area (Å²) in [6.07, 6.45) is 7.23. The van der Waals surface area contributed by atoms with Gasteiger partial charge in [-0.3, -0.25) is 0 Å². The molecule has 0 atom stereocenters. The van der Waals surface area contributed by atoms with Gasteiger partial charge in [0.2, 0.25) is 5.28 Å². The van der Waals surface area contributed by atoms with Crippen molar-refractivity contribution in [3.8, 4) is 12.0 Å². The predicted molar refractivity (Wildman–Crippen MR) is 68.1 cm³/mol. The molecule has 1 aliphatic rings. The average molecular weight is 272 g/mol. The first-order chi connectivity index (χ1) is 8.78. The highest BCUT2D eigenvalue weighted by Crippen LogP contribution is 2.22. The Kier molecular flexibility index (Phi) is 4.99. The Balaban J connectivity index is 2.02. The molecule has 1 aliphatic carbocycles. The summed E-state index contributed by atoms with van der Waals surface area (Å²) < 4.78 is 11.0. The van der Waals surface area contributed by atoms with Gasteiger partial charge >= 0.3 is 12.0 Å². The molecule has 0 radical (unpaired) electrons. The van der Waals surface area contributed by atoms with Crippen LogP contribution < -0.4 is 9.47 Å². The lowest BCUT2D eigenvalue weighted by atomic mass is 10.2. The van der Waals surface area contributed by atoms with Crippen molar-refractivity contribution in [3.05, 3.63) is 5.28 Å². The van der Waals surface area contributed by atoms with Crippen molar-refractivity contribution >= 4 is 11.6 Å². The molecule has 2 rings (SSSR count). The van der Waals surface area contributed by atoms with Crippen LogP contribution in [-0.2, 0) is 0 Å². The van der Waals surface area contributed by atoms with E-state index in [1.807, 2.05) is 6.92 Å². The summed E-state index contributed by atoms with van der Waals surface area (Å²) in [5.74, 6) is 0. The molecule has 0 unspecified atom stereocenters. The normalized spacial score (nSPS) is 17.2. The van der Waals surface area contributed by atoms with E-state index < -0.39 is 0 Å². The van der Waals surface area contributed by atoms with Crippen molar-refractivity contribution in [2.24, 2.45) is 0 Å². The van der Waals surface area contributed by atoms with Gasteiger partial charge in [0.25, 0.3) is 0 Å². The third-order valence-corrected chi connectivity index (χ3v) is 3.08. The zero-order valence-electron chi connectivity index (χ0n) is 10.6. The Morgan fingerprint density at radius 1 is 1.06 bits per heavy atom. The van der Waals surface area contributed by atoms with E-state index in [-0.39, 0.29) is 23.4 Å². The second-order valence-corrected chi connectivity index (χ2v) is 4.67. The van der Waals surface area contributed by atoms with E-state index in [2.05, 4.69) is 15.0 Å². The fourth-order valence-electron chi connectivity index (χ4n) is 2.07. The molecule has 6 heteroatoms.